The summed E-state index contributed by atoms with van der Waals surface area (Å²) in [6.07, 6.45) is 2.05. The Kier molecular flexibility index (Phi) is 4.48. The molecule has 2 atom stereocenters. The number of hydrogen-bond acceptors (Lipinski definition) is 4. The molecule has 1 N–H and O–H groups in total. The minimum absolute atomic E-state index is 0.0551. The van der Waals surface area contributed by atoms with Crippen molar-refractivity contribution < 1.29 is 9.84 Å². The van der Waals surface area contributed by atoms with Crippen molar-refractivity contribution in [2.45, 2.75) is 25.0 Å². The van der Waals surface area contributed by atoms with E-state index in [1.807, 2.05) is 24.3 Å². The monoisotopic (exact) mass is 290 g/mol. The maximum Gasteiger partial charge on any atom is 0.125 e. The third kappa shape index (κ3) is 3.23. The fourth-order valence-electron chi connectivity index (χ4n) is 3.49. The first-order chi connectivity index (χ1) is 10.1. The third-order valence-electron chi connectivity index (χ3n) is 4.96. The average Bonchev–Trinajstić information content (AvgIpc) is 2.50. The maximum atomic E-state index is 10.6. The molecule has 4 nitrogen and oxygen atoms in total. The van der Waals surface area contributed by atoms with Gasteiger partial charge in [-0.05, 0) is 52.0 Å². The number of likely N-dealkylation sites (N-methyl/N-ethyl adjacent to an activating group) is 1. The Morgan fingerprint density at radius 2 is 2.00 bits per heavy atom. The van der Waals surface area contributed by atoms with Crippen LogP contribution in [0.3, 0.4) is 0 Å². The Bertz CT molecular complexity index is 472. The summed E-state index contributed by atoms with van der Waals surface area (Å²) < 4.78 is 5.82. The molecule has 1 aromatic rings. The minimum Gasteiger partial charge on any atom is -0.491 e. The van der Waals surface area contributed by atoms with Gasteiger partial charge in [0.2, 0.25) is 0 Å². The van der Waals surface area contributed by atoms with E-state index in [2.05, 4.69) is 23.9 Å². The molecule has 0 spiro atoms. The van der Waals surface area contributed by atoms with Crippen LogP contribution in [0.2, 0.25) is 0 Å². The lowest BCUT2D eigenvalue weighted by Gasteiger charge is -2.39. The zero-order valence-electron chi connectivity index (χ0n) is 13.0. The molecule has 0 aliphatic carbocycles. The lowest BCUT2D eigenvalue weighted by Crippen LogP contribution is -2.46. The summed E-state index contributed by atoms with van der Waals surface area (Å²) >= 11 is 0. The molecule has 0 amide bonds. The molecule has 0 saturated carbocycles. The quantitative estimate of drug-likeness (QED) is 0.920. The Labute approximate surface area is 127 Å². The topological polar surface area (TPSA) is 35.9 Å². The van der Waals surface area contributed by atoms with Crippen LogP contribution in [0, 0.1) is 5.92 Å². The number of para-hydroxylation sites is 1. The molecule has 2 heterocycles. The zero-order valence-corrected chi connectivity index (χ0v) is 13.0. The van der Waals surface area contributed by atoms with Crippen LogP contribution in [0.1, 0.15) is 24.5 Å². The number of hydrogen-bond donors (Lipinski definition) is 1. The van der Waals surface area contributed by atoms with Crippen molar-refractivity contribution in [2.75, 3.05) is 40.3 Å². The normalized spacial score (nSPS) is 27.4. The molecular formula is C17H26N2O2. The van der Waals surface area contributed by atoms with Gasteiger partial charge in [0.25, 0.3) is 0 Å². The summed E-state index contributed by atoms with van der Waals surface area (Å²) in [6.45, 7) is 3.98. The van der Waals surface area contributed by atoms with E-state index in [1.54, 1.807) is 0 Å². The molecular weight excluding hydrogens is 264 g/mol. The average molecular weight is 290 g/mol. The van der Waals surface area contributed by atoms with E-state index in [9.17, 15) is 5.11 Å². The van der Waals surface area contributed by atoms with Gasteiger partial charge in [-0.25, -0.2) is 0 Å². The van der Waals surface area contributed by atoms with Gasteiger partial charge in [-0.2, -0.15) is 0 Å². The number of nitrogens with zero attached hydrogens (tertiary/aromatic N) is 2. The second-order valence-corrected chi connectivity index (χ2v) is 6.55. The van der Waals surface area contributed by atoms with Crippen molar-refractivity contribution in [2.24, 2.45) is 5.92 Å². The number of rotatable bonds is 3. The fourth-order valence-corrected chi connectivity index (χ4v) is 3.49. The Balaban J connectivity index is 1.62. The highest BCUT2D eigenvalue weighted by molar-refractivity contribution is 5.37. The Morgan fingerprint density at radius 3 is 2.76 bits per heavy atom. The highest BCUT2D eigenvalue weighted by atomic mass is 16.5. The van der Waals surface area contributed by atoms with E-state index in [0.29, 0.717) is 6.61 Å². The summed E-state index contributed by atoms with van der Waals surface area (Å²) in [6, 6.07) is 7.87. The molecule has 116 valence electrons. The van der Waals surface area contributed by atoms with Crippen molar-refractivity contribution in [1.82, 2.24) is 9.80 Å². The van der Waals surface area contributed by atoms with Crippen LogP contribution in [0.15, 0.2) is 24.3 Å². The van der Waals surface area contributed by atoms with Gasteiger partial charge >= 0.3 is 0 Å². The lowest BCUT2D eigenvalue weighted by atomic mass is 9.94. The molecule has 0 aromatic heterocycles. The van der Waals surface area contributed by atoms with Crippen LogP contribution in [0.25, 0.3) is 0 Å². The molecule has 2 aliphatic rings. The van der Waals surface area contributed by atoms with Crippen molar-refractivity contribution in [3.8, 4) is 5.75 Å². The Morgan fingerprint density at radius 1 is 1.29 bits per heavy atom. The van der Waals surface area contributed by atoms with E-state index in [-0.39, 0.29) is 6.04 Å². The van der Waals surface area contributed by atoms with Gasteiger partial charge in [0, 0.05) is 12.1 Å². The first-order valence-electron chi connectivity index (χ1n) is 7.93. The molecule has 2 unspecified atom stereocenters. The van der Waals surface area contributed by atoms with E-state index in [4.69, 9.17) is 4.74 Å². The Hall–Kier alpha value is -1.10. The van der Waals surface area contributed by atoms with Gasteiger partial charge in [0.15, 0.2) is 0 Å². The van der Waals surface area contributed by atoms with Crippen LogP contribution in [-0.4, -0.2) is 61.3 Å². The van der Waals surface area contributed by atoms with E-state index < -0.39 is 6.10 Å². The van der Waals surface area contributed by atoms with E-state index in [0.717, 1.165) is 23.8 Å². The van der Waals surface area contributed by atoms with E-state index >= 15 is 0 Å². The first kappa shape index (κ1) is 14.8. The number of likely N-dealkylation sites (tertiary alicyclic amines) is 1. The van der Waals surface area contributed by atoms with Gasteiger partial charge < -0.3 is 14.7 Å². The molecule has 4 heteroatoms. The predicted octanol–water partition coefficient (Wildman–Crippen LogP) is 1.75. The molecule has 2 aliphatic heterocycles. The largest absolute Gasteiger partial charge is 0.491 e. The zero-order chi connectivity index (χ0) is 14.8. The van der Waals surface area contributed by atoms with Crippen molar-refractivity contribution in [1.29, 1.82) is 0 Å². The highest BCUT2D eigenvalue weighted by Gasteiger charge is 2.33. The van der Waals surface area contributed by atoms with Crippen molar-refractivity contribution in [3.63, 3.8) is 0 Å². The van der Waals surface area contributed by atoms with Gasteiger partial charge in [-0.3, -0.25) is 4.90 Å². The van der Waals surface area contributed by atoms with Crippen LogP contribution < -0.4 is 4.74 Å². The summed E-state index contributed by atoms with van der Waals surface area (Å²) in [7, 11) is 4.30. The van der Waals surface area contributed by atoms with Crippen LogP contribution in [-0.2, 0) is 0 Å². The maximum absolute atomic E-state index is 10.6. The minimum atomic E-state index is -0.453. The molecule has 1 saturated heterocycles. The summed E-state index contributed by atoms with van der Waals surface area (Å²) in [4.78, 5) is 4.68. The van der Waals surface area contributed by atoms with Crippen molar-refractivity contribution in [3.05, 3.63) is 29.8 Å². The van der Waals surface area contributed by atoms with E-state index in [1.165, 1.54) is 25.9 Å². The fraction of sp³-hybridized carbons (Fsp3) is 0.647. The third-order valence-corrected chi connectivity index (χ3v) is 4.96. The second-order valence-electron chi connectivity index (χ2n) is 6.55. The smallest absolute Gasteiger partial charge is 0.125 e. The summed E-state index contributed by atoms with van der Waals surface area (Å²) in [5.74, 6) is 1.56. The lowest BCUT2D eigenvalue weighted by molar-refractivity contribution is 0.00530. The highest BCUT2D eigenvalue weighted by Crippen LogP contribution is 2.34. The van der Waals surface area contributed by atoms with Gasteiger partial charge in [-0.1, -0.05) is 18.2 Å². The van der Waals surface area contributed by atoms with Crippen LogP contribution in [0.5, 0.6) is 5.75 Å². The van der Waals surface area contributed by atoms with Crippen LogP contribution >= 0.6 is 0 Å². The molecule has 0 radical (unpaired) electrons. The standard InChI is InChI=1S/C17H26N2O2/c1-18-9-7-13(8-10-18)11-19(2)15-12-21-16-6-4-3-5-14(16)17(15)20/h3-6,13,15,17,20H,7-12H2,1-2H3. The van der Waals surface area contributed by atoms with Gasteiger partial charge in [0.1, 0.15) is 18.5 Å². The van der Waals surface area contributed by atoms with Gasteiger partial charge in [-0.15, -0.1) is 0 Å². The van der Waals surface area contributed by atoms with Crippen molar-refractivity contribution >= 4 is 0 Å². The number of piperidine rings is 1. The first-order valence-corrected chi connectivity index (χ1v) is 7.93. The summed E-state index contributed by atoms with van der Waals surface area (Å²) in [5, 5.41) is 10.6. The molecule has 0 bridgehead atoms. The number of fused-ring (bicyclic) bond motifs is 1. The number of ether oxygens (including phenoxy) is 1. The molecule has 21 heavy (non-hydrogen) atoms. The van der Waals surface area contributed by atoms with Crippen LogP contribution in [0.4, 0.5) is 0 Å². The number of benzene rings is 1. The number of aliphatic hydroxyl groups is 1. The molecule has 1 aromatic carbocycles. The second kappa shape index (κ2) is 6.34. The summed E-state index contributed by atoms with van der Waals surface area (Å²) in [5.41, 5.74) is 0.920. The predicted molar refractivity (Wildman–Crippen MR) is 83.5 cm³/mol. The SMILES string of the molecule is CN1CCC(CN(C)C2COc3ccccc3C2O)CC1. The molecule has 1 fully saturated rings. The van der Waals surface area contributed by atoms with Gasteiger partial charge in [0.05, 0.1) is 6.04 Å². The molecule has 3 rings (SSSR count). The number of aliphatic hydroxyl groups excluding tert-OH is 1.